The van der Waals surface area contributed by atoms with Gasteiger partial charge in [0.05, 0.1) is 16.6 Å². The first-order valence-electron chi connectivity index (χ1n) is 19.2. The number of benzene rings is 5. The molecular weight excluding hydrogens is 703 g/mol. The minimum atomic E-state index is -0.606. The van der Waals surface area contributed by atoms with Crippen LogP contribution in [0.4, 0.5) is 0 Å². The van der Waals surface area contributed by atoms with Crippen molar-refractivity contribution in [3.8, 4) is 45.9 Å². The molecule has 10 rings (SSSR count). The minimum Gasteiger partial charge on any atom is -0.483 e. The van der Waals surface area contributed by atoms with Gasteiger partial charge in [-0.25, -0.2) is 19.9 Å². The van der Waals surface area contributed by atoms with Crippen LogP contribution in [-0.4, -0.2) is 34.5 Å². The maximum absolute atomic E-state index is 7.03. The fourth-order valence-corrected chi connectivity index (χ4v) is 8.06. The SMILES string of the molecule is C/C=C\C=C/Cc1nc(-c2ccccc2)nc(-n2c3c(c4ccccc42)C(c2nc(-c4ccccc4)nc(-c4ccccc4)n2)=C[C@@]2(C)c4ccccc4OC32)n1. The summed E-state index contributed by atoms with van der Waals surface area (Å²) in [6, 6.07) is 47.0. The third kappa shape index (κ3) is 5.94. The van der Waals surface area contributed by atoms with Gasteiger partial charge in [0.15, 0.2) is 29.4 Å². The summed E-state index contributed by atoms with van der Waals surface area (Å²) in [5.74, 6) is 4.39. The largest absolute Gasteiger partial charge is 0.483 e. The summed E-state index contributed by atoms with van der Waals surface area (Å²) < 4.78 is 9.21. The monoisotopic (exact) mass is 739 g/mol. The van der Waals surface area contributed by atoms with E-state index in [1.165, 1.54) is 0 Å². The summed E-state index contributed by atoms with van der Waals surface area (Å²) in [4.78, 5) is 31.0. The second-order valence-electron chi connectivity index (χ2n) is 14.4. The lowest BCUT2D eigenvalue weighted by atomic mass is 9.71. The zero-order valence-electron chi connectivity index (χ0n) is 31.5. The van der Waals surface area contributed by atoms with Crippen LogP contribution in [0.25, 0.3) is 56.6 Å². The molecule has 57 heavy (non-hydrogen) atoms. The van der Waals surface area contributed by atoms with Crippen LogP contribution in [0.3, 0.4) is 0 Å². The second-order valence-corrected chi connectivity index (χ2v) is 14.4. The number of nitrogens with zero attached hydrogens (tertiary/aromatic N) is 7. The topological polar surface area (TPSA) is 91.5 Å². The molecular formula is C49H37N7O. The van der Waals surface area contributed by atoms with E-state index in [0.29, 0.717) is 41.5 Å². The smallest absolute Gasteiger partial charge is 0.238 e. The summed E-state index contributed by atoms with van der Waals surface area (Å²) in [5, 5.41) is 1.01. The lowest BCUT2D eigenvalue weighted by Gasteiger charge is -2.34. The third-order valence-corrected chi connectivity index (χ3v) is 10.7. The van der Waals surface area contributed by atoms with Crippen molar-refractivity contribution < 1.29 is 4.74 Å². The Labute approximate surface area is 330 Å². The molecule has 4 heterocycles. The highest BCUT2D eigenvalue weighted by Gasteiger charge is 2.51. The minimum absolute atomic E-state index is 0.417. The van der Waals surface area contributed by atoms with Crippen molar-refractivity contribution in [3.63, 3.8) is 0 Å². The van der Waals surface area contributed by atoms with Gasteiger partial charge in [0, 0.05) is 45.2 Å². The molecule has 0 saturated heterocycles. The molecule has 3 aromatic heterocycles. The van der Waals surface area contributed by atoms with E-state index in [-0.39, 0.29) is 0 Å². The summed E-state index contributed by atoms with van der Waals surface area (Å²) in [7, 11) is 0. The van der Waals surface area contributed by atoms with E-state index in [2.05, 4.69) is 66.1 Å². The molecule has 5 aromatic carbocycles. The Morgan fingerprint density at radius 1 is 0.614 bits per heavy atom. The van der Waals surface area contributed by atoms with Gasteiger partial charge in [0.1, 0.15) is 11.6 Å². The number of allylic oxidation sites excluding steroid dienone is 4. The highest BCUT2D eigenvalue weighted by atomic mass is 16.5. The third-order valence-electron chi connectivity index (χ3n) is 10.7. The fourth-order valence-electron chi connectivity index (χ4n) is 8.06. The maximum atomic E-state index is 7.03. The molecule has 1 aliphatic heterocycles. The van der Waals surface area contributed by atoms with Gasteiger partial charge >= 0.3 is 0 Å². The highest BCUT2D eigenvalue weighted by Crippen LogP contribution is 2.58. The van der Waals surface area contributed by atoms with Gasteiger partial charge in [-0.05, 0) is 26.0 Å². The molecule has 0 amide bonds. The molecule has 0 bridgehead atoms. The van der Waals surface area contributed by atoms with Crippen LogP contribution in [0.2, 0.25) is 0 Å². The van der Waals surface area contributed by atoms with Gasteiger partial charge in [-0.2, -0.15) is 9.97 Å². The number of hydrogen-bond acceptors (Lipinski definition) is 7. The van der Waals surface area contributed by atoms with Crippen LogP contribution in [-0.2, 0) is 11.8 Å². The number of rotatable bonds is 8. The first-order chi connectivity index (χ1) is 28.1. The van der Waals surface area contributed by atoms with Gasteiger partial charge in [0.25, 0.3) is 0 Å². The average Bonchev–Trinajstić information content (AvgIpc) is 3.78. The molecule has 8 aromatic rings. The molecule has 2 aliphatic rings. The van der Waals surface area contributed by atoms with Crippen LogP contribution >= 0.6 is 0 Å². The number of fused-ring (bicyclic) bond motifs is 7. The van der Waals surface area contributed by atoms with Crippen molar-refractivity contribution in [3.05, 3.63) is 198 Å². The number of hydrogen-bond donors (Lipinski definition) is 0. The molecule has 1 unspecified atom stereocenters. The zero-order valence-corrected chi connectivity index (χ0v) is 31.5. The Morgan fingerprint density at radius 3 is 1.86 bits per heavy atom. The van der Waals surface area contributed by atoms with Crippen molar-refractivity contribution in [1.29, 1.82) is 0 Å². The van der Waals surface area contributed by atoms with Crippen molar-refractivity contribution >= 4 is 16.5 Å². The van der Waals surface area contributed by atoms with E-state index in [1.54, 1.807) is 0 Å². The van der Waals surface area contributed by atoms with Crippen molar-refractivity contribution in [2.45, 2.75) is 31.8 Å². The van der Waals surface area contributed by atoms with Crippen molar-refractivity contribution in [1.82, 2.24) is 34.5 Å². The second kappa shape index (κ2) is 14.1. The first-order valence-corrected chi connectivity index (χ1v) is 19.2. The lowest BCUT2D eigenvalue weighted by Crippen LogP contribution is -2.32. The van der Waals surface area contributed by atoms with E-state index < -0.39 is 11.5 Å². The molecule has 0 saturated carbocycles. The van der Waals surface area contributed by atoms with E-state index in [1.807, 2.05) is 122 Å². The Kier molecular flexibility index (Phi) is 8.44. The number of aromatic nitrogens is 7. The Bertz CT molecular complexity index is 2820. The van der Waals surface area contributed by atoms with Gasteiger partial charge in [-0.3, -0.25) is 4.57 Å². The van der Waals surface area contributed by atoms with E-state index >= 15 is 0 Å². The van der Waals surface area contributed by atoms with Crippen LogP contribution in [0, 0.1) is 0 Å². The summed E-state index contributed by atoms with van der Waals surface area (Å²) in [5.41, 5.74) is 6.94. The Morgan fingerprint density at radius 2 is 1.19 bits per heavy atom. The highest BCUT2D eigenvalue weighted by molar-refractivity contribution is 6.01. The quantitative estimate of drug-likeness (QED) is 0.143. The summed E-state index contributed by atoms with van der Waals surface area (Å²) >= 11 is 0. The predicted molar refractivity (Wildman–Crippen MR) is 225 cm³/mol. The van der Waals surface area contributed by atoms with Gasteiger partial charge in [0.2, 0.25) is 5.95 Å². The van der Waals surface area contributed by atoms with Crippen LogP contribution < -0.4 is 4.74 Å². The molecule has 274 valence electrons. The molecule has 0 fully saturated rings. The van der Waals surface area contributed by atoms with Crippen LogP contribution in [0.5, 0.6) is 5.75 Å². The molecule has 0 spiro atoms. The Balaban J connectivity index is 1.28. The molecule has 0 radical (unpaired) electrons. The summed E-state index contributed by atoms with van der Waals surface area (Å²) in [6.45, 7) is 4.24. The summed E-state index contributed by atoms with van der Waals surface area (Å²) in [6.07, 6.45) is 10.5. The average molecular weight is 740 g/mol. The first kappa shape index (κ1) is 34.2. The zero-order chi connectivity index (χ0) is 38.3. The van der Waals surface area contributed by atoms with Crippen LogP contribution in [0.1, 0.15) is 48.4 Å². The normalized spacial score (nSPS) is 17.0. The Hall–Kier alpha value is -7.32. The molecule has 8 heteroatoms. The van der Waals surface area contributed by atoms with Gasteiger partial charge in [-0.1, -0.05) is 158 Å². The maximum Gasteiger partial charge on any atom is 0.238 e. The number of ether oxygens (including phenoxy) is 1. The predicted octanol–water partition coefficient (Wildman–Crippen LogP) is 10.5. The van der Waals surface area contributed by atoms with Gasteiger partial charge < -0.3 is 4.74 Å². The lowest BCUT2D eigenvalue weighted by molar-refractivity contribution is 0.174. The van der Waals surface area contributed by atoms with E-state index in [0.717, 1.165) is 55.7 Å². The molecule has 2 atom stereocenters. The van der Waals surface area contributed by atoms with Crippen molar-refractivity contribution in [2.24, 2.45) is 0 Å². The fraction of sp³-hybridized carbons (Fsp3) is 0.102. The standard InChI is InChI=1S/C49H37N7O/c1-3-4-5-15-30-40-50-44(32-20-9-6-10-21-32)55-48(51-40)56-38-28-18-16-26-35(38)41-36(31-49(2)37-27-17-19-29-39(37)57-43(49)42(41)56)47-53-45(33-22-11-7-12-23-33)52-46(54-47)34-24-13-8-14-25-34/h3-29,31,43H,30H2,1-2H3/b4-3-,15-5-/t43?,49-/m0/s1. The van der Waals surface area contributed by atoms with E-state index in [9.17, 15) is 0 Å². The molecule has 0 N–H and O–H groups in total. The number of para-hydroxylation sites is 2. The van der Waals surface area contributed by atoms with Gasteiger partial charge in [-0.15, -0.1) is 0 Å². The van der Waals surface area contributed by atoms with Crippen molar-refractivity contribution in [2.75, 3.05) is 0 Å². The molecule has 1 aliphatic carbocycles. The van der Waals surface area contributed by atoms with E-state index in [4.69, 9.17) is 34.6 Å². The van der Waals surface area contributed by atoms with Crippen LogP contribution in [0.15, 0.2) is 170 Å². The molecule has 8 nitrogen and oxygen atoms in total.